The van der Waals surface area contributed by atoms with Gasteiger partial charge in [-0.2, -0.15) is 13.2 Å². The fraction of sp³-hybridized carbons (Fsp3) is 0.500. The maximum atomic E-state index is 12.2. The van der Waals surface area contributed by atoms with Crippen LogP contribution in [0.25, 0.3) is 0 Å². The van der Waals surface area contributed by atoms with Gasteiger partial charge in [-0.15, -0.1) is 5.10 Å². The molecule has 0 aromatic carbocycles. The van der Waals surface area contributed by atoms with Crippen LogP contribution in [0, 0.1) is 6.92 Å². The molecule has 0 aliphatic carbocycles. The minimum absolute atomic E-state index is 0.0423. The van der Waals surface area contributed by atoms with Gasteiger partial charge in [0, 0.05) is 5.69 Å². The van der Waals surface area contributed by atoms with Gasteiger partial charge in [0.25, 0.3) is 0 Å². The standard InChI is InChI=1S/C6H7F3N2O/c1-3-4(6(7,8)9)5(12-2)11-10-3/h1-2H3,(H,10,11). The van der Waals surface area contributed by atoms with Crippen molar-refractivity contribution in [3.05, 3.63) is 11.3 Å². The molecule has 1 heterocycles. The number of nitrogens with zero attached hydrogens (tertiary/aromatic N) is 1. The van der Waals surface area contributed by atoms with Gasteiger partial charge in [0.2, 0.25) is 5.88 Å². The Morgan fingerprint density at radius 1 is 1.42 bits per heavy atom. The quantitative estimate of drug-likeness (QED) is 0.714. The minimum Gasteiger partial charge on any atom is -0.480 e. The first-order valence-corrected chi connectivity index (χ1v) is 3.13. The molecule has 0 atom stereocenters. The highest BCUT2D eigenvalue weighted by Gasteiger charge is 2.38. The Kier molecular flexibility index (Phi) is 1.99. The van der Waals surface area contributed by atoms with Crippen LogP contribution >= 0.6 is 0 Å². The lowest BCUT2D eigenvalue weighted by Crippen LogP contribution is -2.07. The second kappa shape index (κ2) is 2.69. The average molecular weight is 180 g/mol. The third kappa shape index (κ3) is 1.37. The maximum absolute atomic E-state index is 12.2. The van der Waals surface area contributed by atoms with E-state index < -0.39 is 17.6 Å². The summed E-state index contributed by atoms with van der Waals surface area (Å²) in [7, 11) is 1.14. The number of nitrogens with one attached hydrogen (secondary N) is 1. The summed E-state index contributed by atoms with van der Waals surface area (Å²) in [5.41, 5.74) is -0.885. The third-order valence-electron chi connectivity index (χ3n) is 1.39. The van der Waals surface area contributed by atoms with Crippen LogP contribution in [-0.2, 0) is 6.18 Å². The van der Waals surface area contributed by atoms with Crippen LogP contribution in [0.1, 0.15) is 11.3 Å². The van der Waals surface area contributed by atoms with Crippen LogP contribution in [0.2, 0.25) is 0 Å². The Balaban J connectivity index is 3.19. The summed E-state index contributed by atoms with van der Waals surface area (Å²) in [5, 5.41) is 5.53. The van der Waals surface area contributed by atoms with Crippen molar-refractivity contribution in [2.45, 2.75) is 13.1 Å². The van der Waals surface area contributed by atoms with Crippen LogP contribution in [0.3, 0.4) is 0 Å². The number of ether oxygens (including phenoxy) is 1. The van der Waals surface area contributed by atoms with E-state index in [9.17, 15) is 13.2 Å². The molecule has 0 unspecified atom stereocenters. The van der Waals surface area contributed by atoms with E-state index in [2.05, 4.69) is 14.9 Å². The van der Waals surface area contributed by atoms with Gasteiger partial charge in [-0.3, -0.25) is 5.10 Å². The van der Waals surface area contributed by atoms with Crippen molar-refractivity contribution in [2.24, 2.45) is 0 Å². The Morgan fingerprint density at radius 3 is 2.33 bits per heavy atom. The topological polar surface area (TPSA) is 37.9 Å². The molecule has 0 aliphatic heterocycles. The lowest BCUT2D eigenvalue weighted by atomic mass is 10.2. The Labute approximate surface area is 66.5 Å². The molecule has 1 N–H and O–H groups in total. The number of aryl methyl sites for hydroxylation is 1. The summed E-state index contributed by atoms with van der Waals surface area (Å²) < 4.78 is 41.0. The van der Waals surface area contributed by atoms with Gasteiger partial charge in [0.15, 0.2) is 0 Å². The highest BCUT2D eigenvalue weighted by Crippen LogP contribution is 2.36. The third-order valence-corrected chi connectivity index (χ3v) is 1.39. The van der Waals surface area contributed by atoms with E-state index >= 15 is 0 Å². The van der Waals surface area contributed by atoms with Crippen LogP contribution in [0.4, 0.5) is 13.2 Å². The van der Waals surface area contributed by atoms with Gasteiger partial charge in [0.05, 0.1) is 7.11 Å². The molecule has 0 amide bonds. The van der Waals surface area contributed by atoms with Crippen molar-refractivity contribution >= 4 is 0 Å². The number of halogens is 3. The van der Waals surface area contributed by atoms with Gasteiger partial charge in [-0.05, 0) is 6.92 Å². The van der Waals surface area contributed by atoms with Crippen LogP contribution in [0.15, 0.2) is 0 Å². The lowest BCUT2D eigenvalue weighted by molar-refractivity contribution is -0.139. The molecule has 6 heteroatoms. The highest BCUT2D eigenvalue weighted by atomic mass is 19.4. The molecular weight excluding hydrogens is 173 g/mol. The zero-order valence-electron chi connectivity index (χ0n) is 6.49. The zero-order chi connectivity index (χ0) is 9.35. The van der Waals surface area contributed by atoms with E-state index in [1.165, 1.54) is 6.92 Å². The first-order valence-electron chi connectivity index (χ1n) is 3.13. The number of methoxy groups -OCH3 is 1. The molecule has 0 radical (unpaired) electrons. The molecule has 3 nitrogen and oxygen atoms in total. The molecule has 1 aromatic heterocycles. The summed E-state index contributed by atoms with van der Waals surface area (Å²) >= 11 is 0. The molecule has 0 bridgehead atoms. The second-order valence-corrected chi connectivity index (χ2v) is 2.23. The fourth-order valence-corrected chi connectivity index (χ4v) is 0.888. The zero-order valence-corrected chi connectivity index (χ0v) is 6.49. The lowest BCUT2D eigenvalue weighted by Gasteiger charge is -2.05. The summed E-state index contributed by atoms with van der Waals surface area (Å²) in [5.74, 6) is -0.417. The maximum Gasteiger partial charge on any atom is 0.423 e. The van der Waals surface area contributed by atoms with Crippen molar-refractivity contribution in [3.63, 3.8) is 0 Å². The van der Waals surface area contributed by atoms with Crippen molar-refractivity contribution in [3.8, 4) is 5.88 Å². The SMILES string of the molecule is COc1n[nH]c(C)c1C(F)(F)F. The molecule has 68 valence electrons. The number of hydrogen-bond acceptors (Lipinski definition) is 2. The molecular formula is C6H7F3N2O. The molecule has 0 aliphatic rings. The fourth-order valence-electron chi connectivity index (χ4n) is 0.888. The van der Waals surface area contributed by atoms with Gasteiger partial charge in [0.1, 0.15) is 5.56 Å². The van der Waals surface area contributed by atoms with Crippen molar-refractivity contribution in [2.75, 3.05) is 7.11 Å². The minimum atomic E-state index is -4.41. The Bertz CT molecular complexity index is 279. The molecule has 12 heavy (non-hydrogen) atoms. The number of rotatable bonds is 1. The number of aromatic nitrogens is 2. The van der Waals surface area contributed by atoms with Crippen molar-refractivity contribution in [1.29, 1.82) is 0 Å². The van der Waals surface area contributed by atoms with Crippen LogP contribution in [-0.4, -0.2) is 17.3 Å². The predicted molar refractivity (Wildman–Crippen MR) is 34.9 cm³/mol. The van der Waals surface area contributed by atoms with E-state index in [4.69, 9.17) is 0 Å². The smallest absolute Gasteiger partial charge is 0.423 e. The van der Waals surface area contributed by atoms with Crippen molar-refractivity contribution < 1.29 is 17.9 Å². The summed E-state index contributed by atoms with van der Waals surface area (Å²) in [6.45, 7) is 1.29. The first kappa shape index (κ1) is 8.89. The molecule has 0 spiro atoms. The van der Waals surface area contributed by atoms with Crippen LogP contribution < -0.4 is 4.74 Å². The van der Waals surface area contributed by atoms with Gasteiger partial charge in [-0.25, -0.2) is 0 Å². The molecule has 1 aromatic rings. The molecule has 0 saturated carbocycles. The van der Waals surface area contributed by atoms with E-state index in [0.717, 1.165) is 7.11 Å². The molecule has 0 saturated heterocycles. The number of H-pyrrole nitrogens is 1. The largest absolute Gasteiger partial charge is 0.480 e. The predicted octanol–water partition coefficient (Wildman–Crippen LogP) is 1.75. The van der Waals surface area contributed by atoms with Crippen LogP contribution in [0.5, 0.6) is 5.88 Å². The van der Waals surface area contributed by atoms with E-state index in [1.807, 2.05) is 0 Å². The van der Waals surface area contributed by atoms with E-state index in [1.54, 1.807) is 0 Å². The number of aromatic amines is 1. The first-order chi connectivity index (χ1) is 5.46. The Hall–Kier alpha value is -1.20. The molecule has 0 fully saturated rings. The van der Waals surface area contributed by atoms with Gasteiger partial charge < -0.3 is 4.74 Å². The van der Waals surface area contributed by atoms with Crippen molar-refractivity contribution in [1.82, 2.24) is 10.2 Å². The average Bonchev–Trinajstić information content (AvgIpc) is 2.29. The van der Waals surface area contributed by atoms with E-state index in [0.29, 0.717) is 0 Å². The van der Waals surface area contributed by atoms with Gasteiger partial charge in [-0.1, -0.05) is 0 Å². The number of hydrogen-bond donors (Lipinski definition) is 1. The molecule has 1 rings (SSSR count). The summed E-state index contributed by atoms with van der Waals surface area (Å²) in [4.78, 5) is 0. The monoisotopic (exact) mass is 180 g/mol. The van der Waals surface area contributed by atoms with Gasteiger partial charge >= 0.3 is 6.18 Å². The Morgan fingerprint density at radius 2 is 2.00 bits per heavy atom. The summed E-state index contributed by atoms with van der Waals surface area (Å²) in [6, 6.07) is 0. The summed E-state index contributed by atoms with van der Waals surface area (Å²) in [6.07, 6.45) is -4.41. The normalized spacial score (nSPS) is 11.8. The highest BCUT2D eigenvalue weighted by molar-refractivity contribution is 5.32. The second-order valence-electron chi connectivity index (χ2n) is 2.23. The number of alkyl halides is 3. The van der Waals surface area contributed by atoms with E-state index in [-0.39, 0.29) is 5.69 Å².